The molecular weight excluding hydrogens is 331 g/mol. The molecule has 1 amide bonds. The summed E-state index contributed by atoms with van der Waals surface area (Å²) in [7, 11) is 3.93. The molecule has 126 valence electrons. The molecule has 0 atom stereocenters. The second-order valence-electron chi connectivity index (χ2n) is 5.31. The van der Waals surface area contributed by atoms with Crippen molar-refractivity contribution in [3.63, 3.8) is 0 Å². The lowest BCUT2D eigenvalue weighted by Gasteiger charge is -2.28. The number of halogens is 2. The van der Waals surface area contributed by atoms with E-state index in [0.29, 0.717) is 23.3 Å². The van der Waals surface area contributed by atoms with E-state index in [1.165, 1.54) is 24.3 Å². The van der Waals surface area contributed by atoms with Gasteiger partial charge in [-0.3, -0.25) is 14.9 Å². The Balaban J connectivity index is 0. The third-order valence-electron chi connectivity index (χ3n) is 2.90. The normalized spacial score (nSPS) is 10.1. The van der Waals surface area contributed by atoms with Crippen LogP contribution in [0.5, 0.6) is 0 Å². The second kappa shape index (κ2) is 10.3. The molecule has 3 N–H and O–H groups in total. The van der Waals surface area contributed by atoms with Gasteiger partial charge in [-0.25, -0.2) is 0 Å². The first-order valence-electron chi connectivity index (χ1n) is 6.40. The number of nitrogens with zero attached hydrogens (tertiary/aromatic N) is 2. The summed E-state index contributed by atoms with van der Waals surface area (Å²) in [6, 6.07) is 5.78. The van der Waals surface area contributed by atoms with Crippen LogP contribution >= 0.6 is 12.4 Å². The predicted molar refractivity (Wildman–Crippen MR) is 84.5 cm³/mol. The molecule has 1 aromatic rings. The first kappa shape index (κ1) is 22.9. The van der Waals surface area contributed by atoms with Gasteiger partial charge in [0.2, 0.25) is 0 Å². The lowest BCUT2D eigenvalue weighted by atomic mass is 10.2. The molecule has 0 aliphatic rings. The van der Waals surface area contributed by atoms with E-state index in [2.05, 4.69) is 5.32 Å². The number of hydrogen-bond donors (Lipinski definition) is 2. The van der Waals surface area contributed by atoms with Crippen molar-refractivity contribution in [3.05, 3.63) is 34.4 Å². The van der Waals surface area contributed by atoms with Crippen molar-refractivity contribution in [1.82, 2.24) is 0 Å². The largest absolute Gasteiger partial charge is 1.00 e. The highest BCUT2D eigenvalue weighted by molar-refractivity contribution is 5.91. The third-order valence-corrected chi connectivity index (χ3v) is 2.90. The molecule has 0 saturated heterocycles. The van der Waals surface area contributed by atoms with Gasteiger partial charge in [0.15, 0.2) is 6.54 Å². The highest BCUT2D eigenvalue weighted by Gasteiger charge is 2.19. The molecule has 0 saturated carbocycles. The molecule has 0 aliphatic carbocycles. The van der Waals surface area contributed by atoms with Crippen LogP contribution in [0.2, 0.25) is 0 Å². The van der Waals surface area contributed by atoms with E-state index < -0.39 is 4.92 Å². The van der Waals surface area contributed by atoms with Crippen molar-refractivity contribution in [2.75, 3.05) is 39.0 Å². The van der Waals surface area contributed by atoms with Gasteiger partial charge >= 0.3 is 0 Å². The maximum Gasteiger partial charge on any atom is 0.279 e. The number of likely N-dealkylation sites (N-methyl/N-ethyl adjacent to an activating group) is 1. The van der Waals surface area contributed by atoms with Gasteiger partial charge in [0.25, 0.3) is 11.6 Å². The number of carbonyl (C=O) groups is 1. The zero-order chi connectivity index (χ0) is 15.2. The number of benzene rings is 1. The fourth-order valence-corrected chi connectivity index (χ4v) is 1.85. The molecule has 1 rings (SSSR count). The van der Waals surface area contributed by atoms with Crippen molar-refractivity contribution in [3.8, 4) is 0 Å². The van der Waals surface area contributed by atoms with Gasteiger partial charge in [-0.15, -0.1) is 12.4 Å². The molecule has 0 heterocycles. The molecule has 0 bridgehead atoms. The van der Waals surface area contributed by atoms with Crippen molar-refractivity contribution >= 4 is 29.7 Å². The van der Waals surface area contributed by atoms with E-state index in [-0.39, 0.29) is 36.4 Å². The maximum absolute atomic E-state index is 11.9. The molecule has 0 aromatic heterocycles. The van der Waals surface area contributed by atoms with E-state index in [0.717, 1.165) is 13.0 Å². The molecule has 9 heteroatoms. The number of non-ortho nitro benzene ring substituents is 1. The van der Waals surface area contributed by atoms with Gasteiger partial charge in [0, 0.05) is 24.2 Å². The standard InChI is InChI=1S/C13H20N4O3.2ClH/c1-17(2,9-3-8-14)10-13(18)15-11-4-6-12(7-5-11)16(19)20;;/h4-7H,3,8-10,14H2,1-2H3;2*1H. The number of anilines is 1. The van der Waals surface area contributed by atoms with Crippen LogP contribution in [0.25, 0.3) is 0 Å². The Morgan fingerprint density at radius 1 is 1.32 bits per heavy atom. The van der Waals surface area contributed by atoms with E-state index in [9.17, 15) is 14.9 Å². The molecule has 1 aromatic carbocycles. The first-order valence-corrected chi connectivity index (χ1v) is 6.40. The van der Waals surface area contributed by atoms with Gasteiger partial charge in [0.1, 0.15) is 0 Å². The molecule has 0 spiro atoms. The first-order chi connectivity index (χ1) is 9.34. The minimum atomic E-state index is -0.474. The summed E-state index contributed by atoms with van der Waals surface area (Å²) in [5, 5.41) is 13.3. The van der Waals surface area contributed by atoms with Crippen molar-refractivity contribution in [2.45, 2.75) is 6.42 Å². The van der Waals surface area contributed by atoms with Crippen LogP contribution in [-0.2, 0) is 4.79 Å². The number of quaternary nitrogens is 1. The van der Waals surface area contributed by atoms with Crippen LogP contribution in [-0.4, -0.2) is 49.0 Å². The maximum atomic E-state index is 11.9. The number of nitro benzene ring substituents is 1. The number of carbonyl (C=O) groups excluding carboxylic acids is 1. The summed E-state index contributed by atoms with van der Waals surface area (Å²) < 4.78 is 0.552. The zero-order valence-electron chi connectivity index (χ0n) is 12.6. The Hall–Kier alpha value is -1.41. The van der Waals surface area contributed by atoms with Crippen molar-refractivity contribution < 1.29 is 26.6 Å². The Labute approximate surface area is 142 Å². The molecule has 0 unspecified atom stereocenters. The van der Waals surface area contributed by atoms with Gasteiger partial charge in [-0.1, -0.05) is 0 Å². The summed E-state index contributed by atoms with van der Waals surface area (Å²) in [6.45, 7) is 1.76. The Morgan fingerprint density at radius 3 is 2.32 bits per heavy atom. The number of amides is 1. The minimum Gasteiger partial charge on any atom is -1.00 e. The predicted octanol–water partition coefficient (Wildman–Crippen LogP) is -1.62. The summed E-state index contributed by atoms with van der Waals surface area (Å²) in [6.07, 6.45) is 0.859. The zero-order valence-corrected chi connectivity index (χ0v) is 14.2. The number of nitrogens with one attached hydrogen (secondary N) is 1. The SMILES string of the molecule is C[N+](C)(CCCN)CC(=O)Nc1ccc([N+](=O)[O-])cc1.Cl.[Cl-]. The average Bonchev–Trinajstić information content (AvgIpc) is 2.36. The Kier molecular flexibility index (Phi) is 10.7. The third kappa shape index (κ3) is 8.14. The summed E-state index contributed by atoms with van der Waals surface area (Å²) in [4.78, 5) is 22.0. The lowest BCUT2D eigenvalue weighted by molar-refractivity contribution is -0.882. The van der Waals surface area contributed by atoms with Crippen LogP contribution in [0.3, 0.4) is 0 Å². The quantitative estimate of drug-likeness (QED) is 0.350. The second-order valence-corrected chi connectivity index (χ2v) is 5.31. The van der Waals surface area contributed by atoms with E-state index >= 15 is 0 Å². The smallest absolute Gasteiger partial charge is 0.279 e. The van der Waals surface area contributed by atoms with Gasteiger partial charge in [-0.2, -0.15) is 0 Å². The molecular formula is C13H22Cl2N4O3. The van der Waals surface area contributed by atoms with Gasteiger partial charge in [-0.05, 0) is 18.7 Å². The number of nitro groups is 1. The Morgan fingerprint density at radius 2 is 1.86 bits per heavy atom. The lowest BCUT2D eigenvalue weighted by Crippen LogP contribution is -3.00. The molecule has 22 heavy (non-hydrogen) atoms. The molecule has 0 radical (unpaired) electrons. The summed E-state index contributed by atoms with van der Waals surface area (Å²) >= 11 is 0. The minimum absolute atomic E-state index is 0. The van der Waals surface area contributed by atoms with Crippen molar-refractivity contribution in [2.24, 2.45) is 5.73 Å². The van der Waals surface area contributed by atoms with E-state index in [4.69, 9.17) is 5.73 Å². The molecule has 0 fully saturated rings. The van der Waals surface area contributed by atoms with E-state index in [1.807, 2.05) is 14.1 Å². The van der Waals surface area contributed by atoms with Crippen LogP contribution in [0, 0.1) is 10.1 Å². The van der Waals surface area contributed by atoms with Crippen LogP contribution < -0.4 is 23.5 Å². The van der Waals surface area contributed by atoms with Crippen LogP contribution in [0.15, 0.2) is 24.3 Å². The number of hydrogen-bond acceptors (Lipinski definition) is 4. The van der Waals surface area contributed by atoms with Gasteiger partial charge < -0.3 is 27.9 Å². The van der Waals surface area contributed by atoms with Gasteiger partial charge in [0.05, 0.1) is 25.6 Å². The number of nitrogens with two attached hydrogens (primary N) is 1. The highest BCUT2D eigenvalue weighted by Crippen LogP contribution is 2.15. The topological polar surface area (TPSA) is 98.3 Å². The summed E-state index contributed by atoms with van der Waals surface area (Å²) in [5.74, 6) is -0.124. The van der Waals surface area contributed by atoms with E-state index in [1.54, 1.807) is 0 Å². The summed E-state index contributed by atoms with van der Waals surface area (Å²) in [5.41, 5.74) is 6.02. The molecule has 0 aliphatic heterocycles. The van der Waals surface area contributed by atoms with Crippen molar-refractivity contribution in [1.29, 1.82) is 0 Å². The highest BCUT2D eigenvalue weighted by atomic mass is 35.5. The van der Waals surface area contributed by atoms with Crippen LogP contribution in [0.1, 0.15) is 6.42 Å². The fraction of sp³-hybridized carbons (Fsp3) is 0.462. The molecule has 7 nitrogen and oxygen atoms in total. The average molecular weight is 353 g/mol. The number of rotatable bonds is 7. The van der Waals surface area contributed by atoms with Crippen LogP contribution in [0.4, 0.5) is 11.4 Å². The fourth-order valence-electron chi connectivity index (χ4n) is 1.85. The monoisotopic (exact) mass is 352 g/mol. The Bertz CT molecular complexity index is 481.